The van der Waals surface area contributed by atoms with Crippen molar-refractivity contribution < 1.29 is 49.5 Å². The van der Waals surface area contributed by atoms with Crippen molar-refractivity contribution in [2.45, 2.75) is 20.0 Å². The summed E-state index contributed by atoms with van der Waals surface area (Å²) in [6.45, 7) is -0.170. The maximum absolute atomic E-state index is 10.7. The van der Waals surface area contributed by atoms with E-state index in [9.17, 15) is 19.2 Å². The van der Waals surface area contributed by atoms with Gasteiger partial charge in [0.15, 0.2) is 0 Å². The van der Waals surface area contributed by atoms with Crippen LogP contribution in [0.25, 0.3) is 0 Å². The number of hydrogen-bond acceptors (Lipinski definition) is 7. The second-order valence-electron chi connectivity index (χ2n) is 4.54. The van der Waals surface area contributed by atoms with Crippen LogP contribution in [0.3, 0.4) is 0 Å². The fraction of sp³-hybridized carbons (Fsp3) is 0.583. The van der Waals surface area contributed by atoms with Gasteiger partial charge in [0.2, 0.25) is 0 Å². The highest BCUT2D eigenvalue weighted by molar-refractivity contribution is 5.74. The van der Waals surface area contributed by atoms with E-state index in [0.29, 0.717) is 0 Å². The van der Waals surface area contributed by atoms with Crippen molar-refractivity contribution in [2.24, 2.45) is 0 Å². The van der Waals surface area contributed by atoms with Crippen molar-refractivity contribution in [1.82, 2.24) is 9.80 Å². The van der Waals surface area contributed by atoms with E-state index in [0.717, 1.165) is 16.7 Å². The molecule has 0 amide bonds. The maximum Gasteiger partial charge on any atom is 0.317 e. The van der Waals surface area contributed by atoms with Crippen LogP contribution in [-0.2, 0) is 24.0 Å². The molecule has 0 fully saturated rings. The molecule has 0 aromatic heterocycles. The van der Waals surface area contributed by atoms with Crippen molar-refractivity contribution in [2.75, 3.05) is 26.2 Å². The molecule has 0 aliphatic heterocycles. The van der Waals surface area contributed by atoms with E-state index in [1.165, 1.54) is 6.92 Å². The van der Waals surface area contributed by atoms with Gasteiger partial charge in [-0.3, -0.25) is 33.8 Å². The quantitative estimate of drug-likeness (QED) is 0.282. The molecule has 24 heavy (non-hydrogen) atoms. The van der Waals surface area contributed by atoms with Crippen LogP contribution in [0, 0.1) is 0 Å². The van der Waals surface area contributed by atoms with Gasteiger partial charge in [-0.05, 0) is 6.92 Å². The Kier molecular flexibility index (Phi) is 11.6. The highest BCUT2D eigenvalue weighted by Gasteiger charge is 2.27. The Morgan fingerprint density at radius 2 is 0.833 bits per heavy atom. The average Bonchev–Trinajstić information content (AvgIpc) is 2.33. The van der Waals surface area contributed by atoms with Crippen molar-refractivity contribution in [3.63, 3.8) is 0 Å². The molecule has 0 aliphatic rings. The standard InChI is InChI=1S/C10H16N2O8.C2H4O2/c1-6(11(2-7(13)14)3-8(15)16)12(4-9(17)18)5-10(19)20;1-2(3)4/h6H,2-5H2,1H3,(H,13,14)(H,15,16)(H,17,18)(H,19,20);1H3,(H,3,4). The molecular formula is C12H20N2O10. The molecule has 0 heterocycles. The summed E-state index contributed by atoms with van der Waals surface area (Å²) in [5.74, 6) is -6.04. The normalized spacial score (nSPS) is 10.2. The first-order valence-electron chi connectivity index (χ1n) is 6.41. The molecule has 0 bridgehead atoms. The van der Waals surface area contributed by atoms with Crippen molar-refractivity contribution in [3.05, 3.63) is 0 Å². The molecule has 0 aliphatic carbocycles. The van der Waals surface area contributed by atoms with E-state index in [2.05, 4.69) is 0 Å². The van der Waals surface area contributed by atoms with Gasteiger partial charge in [-0.25, -0.2) is 0 Å². The van der Waals surface area contributed by atoms with Crippen LogP contribution in [0.15, 0.2) is 0 Å². The van der Waals surface area contributed by atoms with Crippen molar-refractivity contribution >= 4 is 29.8 Å². The predicted molar refractivity (Wildman–Crippen MR) is 76.5 cm³/mol. The van der Waals surface area contributed by atoms with Gasteiger partial charge >= 0.3 is 23.9 Å². The van der Waals surface area contributed by atoms with Gasteiger partial charge in [0.05, 0.1) is 32.3 Å². The third kappa shape index (κ3) is 14.2. The average molecular weight is 352 g/mol. The van der Waals surface area contributed by atoms with E-state index in [1.807, 2.05) is 0 Å². The molecule has 12 heteroatoms. The van der Waals surface area contributed by atoms with Gasteiger partial charge < -0.3 is 25.5 Å². The summed E-state index contributed by atoms with van der Waals surface area (Å²) >= 11 is 0. The lowest BCUT2D eigenvalue weighted by Crippen LogP contribution is -2.53. The fourth-order valence-electron chi connectivity index (χ4n) is 1.57. The minimum absolute atomic E-state index is 0.650. The van der Waals surface area contributed by atoms with E-state index < -0.39 is 62.2 Å². The fourth-order valence-corrected chi connectivity index (χ4v) is 1.57. The van der Waals surface area contributed by atoms with Crippen LogP contribution < -0.4 is 0 Å². The molecule has 0 unspecified atom stereocenters. The molecule has 0 spiro atoms. The zero-order chi connectivity index (χ0) is 19.4. The lowest BCUT2D eigenvalue weighted by molar-refractivity contribution is -0.148. The van der Waals surface area contributed by atoms with E-state index >= 15 is 0 Å². The highest BCUT2D eigenvalue weighted by atomic mass is 16.4. The molecule has 12 nitrogen and oxygen atoms in total. The van der Waals surface area contributed by atoms with E-state index in [-0.39, 0.29) is 0 Å². The molecular weight excluding hydrogens is 332 g/mol. The number of carboxylic acids is 5. The Morgan fingerprint density at radius 1 is 0.667 bits per heavy atom. The molecule has 138 valence electrons. The largest absolute Gasteiger partial charge is 0.481 e. The topological polar surface area (TPSA) is 193 Å². The Labute approximate surface area is 136 Å². The maximum atomic E-state index is 10.7. The summed E-state index contributed by atoms with van der Waals surface area (Å²) in [5.41, 5.74) is 0. The zero-order valence-electron chi connectivity index (χ0n) is 13.1. The molecule has 0 saturated heterocycles. The first-order valence-corrected chi connectivity index (χ1v) is 6.41. The SMILES string of the molecule is CC(=O)O.CC(N(CC(=O)O)CC(=O)O)N(CC(=O)O)CC(=O)O. The van der Waals surface area contributed by atoms with Gasteiger partial charge in [0.1, 0.15) is 0 Å². The monoisotopic (exact) mass is 352 g/mol. The Bertz CT molecular complexity index is 406. The lowest BCUT2D eigenvalue weighted by Gasteiger charge is -2.34. The number of hydrogen-bond donors (Lipinski definition) is 5. The molecule has 0 atom stereocenters. The van der Waals surface area contributed by atoms with E-state index in [1.54, 1.807) is 0 Å². The number of rotatable bonds is 10. The van der Waals surface area contributed by atoms with Crippen LogP contribution >= 0.6 is 0 Å². The molecule has 0 rings (SSSR count). The van der Waals surface area contributed by atoms with Crippen LogP contribution in [0.5, 0.6) is 0 Å². The minimum atomic E-state index is -1.30. The van der Waals surface area contributed by atoms with Gasteiger partial charge in [-0.2, -0.15) is 0 Å². The zero-order valence-corrected chi connectivity index (χ0v) is 13.1. The van der Waals surface area contributed by atoms with Gasteiger partial charge in [-0.1, -0.05) is 0 Å². The summed E-state index contributed by atoms with van der Waals surface area (Å²) < 4.78 is 0. The summed E-state index contributed by atoms with van der Waals surface area (Å²) in [4.78, 5) is 53.6. The van der Waals surface area contributed by atoms with Crippen LogP contribution in [0.4, 0.5) is 0 Å². The molecule has 0 saturated carbocycles. The number of nitrogens with zero attached hydrogens (tertiary/aromatic N) is 2. The van der Waals surface area contributed by atoms with Gasteiger partial charge in [0, 0.05) is 6.92 Å². The van der Waals surface area contributed by atoms with Crippen molar-refractivity contribution in [1.29, 1.82) is 0 Å². The first-order chi connectivity index (χ1) is 10.9. The van der Waals surface area contributed by atoms with Gasteiger partial charge in [0.25, 0.3) is 5.97 Å². The van der Waals surface area contributed by atoms with Crippen molar-refractivity contribution in [3.8, 4) is 0 Å². The third-order valence-electron chi connectivity index (χ3n) is 2.41. The van der Waals surface area contributed by atoms with Crippen LogP contribution in [-0.4, -0.2) is 97.5 Å². The highest BCUT2D eigenvalue weighted by Crippen LogP contribution is 2.06. The molecule has 5 N–H and O–H groups in total. The Morgan fingerprint density at radius 3 is 0.958 bits per heavy atom. The summed E-state index contributed by atoms with van der Waals surface area (Å²) in [5, 5.41) is 42.2. The first kappa shape index (κ1) is 23.5. The second-order valence-corrected chi connectivity index (χ2v) is 4.54. The summed E-state index contributed by atoms with van der Waals surface area (Å²) in [6, 6.07) is 0. The molecule has 0 aromatic carbocycles. The Balaban J connectivity index is 0. The minimum Gasteiger partial charge on any atom is -0.481 e. The Hall–Kier alpha value is -2.73. The number of carbonyl (C=O) groups is 5. The lowest BCUT2D eigenvalue weighted by atomic mass is 10.3. The van der Waals surface area contributed by atoms with E-state index in [4.69, 9.17) is 30.3 Å². The van der Waals surface area contributed by atoms with Crippen LogP contribution in [0.2, 0.25) is 0 Å². The number of aliphatic carboxylic acids is 5. The second kappa shape index (κ2) is 11.8. The van der Waals surface area contributed by atoms with Gasteiger partial charge in [-0.15, -0.1) is 0 Å². The smallest absolute Gasteiger partial charge is 0.317 e. The molecule has 0 radical (unpaired) electrons. The molecule has 0 aromatic rings. The van der Waals surface area contributed by atoms with Crippen LogP contribution in [0.1, 0.15) is 13.8 Å². The summed E-state index contributed by atoms with van der Waals surface area (Å²) in [6.07, 6.45) is -0.977. The third-order valence-corrected chi connectivity index (χ3v) is 2.41. The number of carboxylic acid groups (broad SMARTS) is 5. The summed E-state index contributed by atoms with van der Waals surface area (Å²) in [7, 11) is 0. The predicted octanol–water partition coefficient (Wildman–Crippen LogP) is -1.63.